The summed E-state index contributed by atoms with van der Waals surface area (Å²) in [5.41, 5.74) is 0. The largest absolute Gasteiger partial charge is 0.0651 e. The predicted octanol–water partition coefficient (Wildman–Crippen LogP) is 3.32. The van der Waals surface area contributed by atoms with Gasteiger partial charge in [-0.05, 0) is 42.4 Å². The quantitative estimate of drug-likeness (QED) is 0.582. The van der Waals surface area contributed by atoms with Gasteiger partial charge in [-0.2, -0.15) is 0 Å². The number of rotatable bonds is 3. The van der Waals surface area contributed by atoms with Crippen molar-refractivity contribution in [3.05, 3.63) is 0 Å². The molecule has 2 fully saturated rings. The van der Waals surface area contributed by atoms with Crippen LogP contribution in [-0.4, -0.2) is 0 Å². The molecule has 0 heterocycles. The van der Waals surface area contributed by atoms with Crippen molar-refractivity contribution in [3.8, 4) is 0 Å². The molecule has 0 amide bonds. The topological polar surface area (TPSA) is 0 Å². The molecule has 0 radical (unpaired) electrons. The minimum absolute atomic E-state index is 0.980. The molecule has 2 aliphatic carbocycles. The van der Waals surface area contributed by atoms with E-state index in [2.05, 4.69) is 20.8 Å². The summed E-state index contributed by atoms with van der Waals surface area (Å²) in [6.07, 6.45) is 4.46. The summed E-state index contributed by atoms with van der Waals surface area (Å²) >= 11 is 0. The van der Waals surface area contributed by atoms with Gasteiger partial charge in [-0.1, -0.05) is 27.2 Å². The van der Waals surface area contributed by atoms with Crippen LogP contribution in [0.3, 0.4) is 0 Å². The van der Waals surface area contributed by atoms with Crippen molar-refractivity contribution in [1.82, 2.24) is 0 Å². The standard InChI is InChI=1S/C11H20/c1-4-7(2)5-9-6-10-8(3)11(9)10/h7-11H,4-6H2,1-3H3. The van der Waals surface area contributed by atoms with Gasteiger partial charge in [-0.25, -0.2) is 0 Å². The van der Waals surface area contributed by atoms with Gasteiger partial charge in [-0.3, -0.25) is 0 Å². The lowest BCUT2D eigenvalue weighted by Gasteiger charge is -2.27. The van der Waals surface area contributed by atoms with E-state index in [0.29, 0.717) is 0 Å². The summed E-state index contributed by atoms with van der Waals surface area (Å²) in [7, 11) is 0. The van der Waals surface area contributed by atoms with Crippen molar-refractivity contribution in [2.45, 2.75) is 40.0 Å². The van der Waals surface area contributed by atoms with Crippen molar-refractivity contribution in [1.29, 1.82) is 0 Å². The van der Waals surface area contributed by atoms with Crippen LogP contribution in [0.2, 0.25) is 0 Å². The fourth-order valence-electron chi connectivity index (χ4n) is 2.98. The lowest BCUT2D eigenvalue weighted by atomic mass is 9.79. The van der Waals surface area contributed by atoms with E-state index in [0.717, 1.165) is 17.8 Å². The van der Waals surface area contributed by atoms with Gasteiger partial charge in [0.2, 0.25) is 0 Å². The van der Waals surface area contributed by atoms with Crippen LogP contribution in [0.5, 0.6) is 0 Å². The Balaban J connectivity index is 1.74. The smallest absolute Gasteiger partial charge is 0.0326 e. The second kappa shape index (κ2) is 2.50. The maximum atomic E-state index is 2.44. The summed E-state index contributed by atoms with van der Waals surface area (Å²) in [5.74, 6) is 5.55. The Labute approximate surface area is 70.4 Å². The second-order valence-corrected chi connectivity index (χ2v) is 4.85. The monoisotopic (exact) mass is 152 g/mol. The zero-order valence-electron chi connectivity index (χ0n) is 8.01. The van der Waals surface area contributed by atoms with Gasteiger partial charge in [0.05, 0.1) is 0 Å². The summed E-state index contributed by atoms with van der Waals surface area (Å²) < 4.78 is 0. The highest BCUT2D eigenvalue weighted by Gasteiger charge is 2.59. The van der Waals surface area contributed by atoms with Gasteiger partial charge < -0.3 is 0 Å². The number of hydrogen-bond donors (Lipinski definition) is 0. The van der Waals surface area contributed by atoms with E-state index < -0.39 is 0 Å². The molecule has 2 aliphatic rings. The molecule has 0 bridgehead atoms. The fourth-order valence-corrected chi connectivity index (χ4v) is 2.98. The molecule has 11 heavy (non-hydrogen) atoms. The van der Waals surface area contributed by atoms with Crippen molar-refractivity contribution in [3.63, 3.8) is 0 Å². The first-order valence-corrected chi connectivity index (χ1v) is 5.24. The molecule has 0 aromatic heterocycles. The van der Waals surface area contributed by atoms with Crippen molar-refractivity contribution >= 4 is 0 Å². The summed E-state index contributed by atoms with van der Waals surface area (Å²) in [6, 6.07) is 0. The number of hydrogen-bond acceptors (Lipinski definition) is 0. The van der Waals surface area contributed by atoms with Gasteiger partial charge in [0.15, 0.2) is 0 Å². The third kappa shape index (κ3) is 1.11. The molecule has 0 nitrogen and oxygen atoms in total. The minimum atomic E-state index is 0.980. The van der Waals surface area contributed by atoms with Crippen LogP contribution in [0.4, 0.5) is 0 Å². The zero-order valence-corrected chi connectivity index (χ0v) is 8.01. The second-order valence-electron chi connectivity index (χ2n) is 4.85. The Morgan fingerprint density at radius 1 is 1.45 bits per heavy atom. The molecule has 0 heteroatoms. The van der Waals surface area contributed by atoms with Crippen LogP contribution < -0.4 is 0 Å². The highest BCUT2D eigenvalue weighted by Crippen LogP contribution is 2.65. The van der Waals surface area contributed by atoms with E-state index in [1.54, 1.807) is 6.42 Å². The fraction of sp³-hybridized carbons (Fsp3) is 1.00. The first kappa shape index (κ1) is 7.64. The third-order valence-electron chi connectivity index (χ3n) is 4.16. The van der Waals surface area contributed by atoms with E-state index in [4.69, 9.17) is 0 Å². The first-order valence-electron chi connectivity index (χ1n) is 5.24. The van der Waals surface area contributed by atoms with E-state index in [9.17, 15) is 0 Å². The van der Waals surface area contributed by atoms with Crippen LogP contribution in [0, 0.1) is 29.6 Å². The predicted molar refractivity (Wildman–Crippen MR) is 48.3 cm³/mol. The molecule has 2 rings (SSSR count). The molecule has 64 valence electrons. The summed E-state index contributed by atoms with van der Waals surface area (Å²) in [6.45, 7) is 7.16. The van der Waals surface area contributed by atoms with Gasteiger partial charge in [-0.15, -0.1) is 0 Å². The molecule has 5 unspecified atom stereocenters. The molecule has 2 saturated carbocycles. The van der Waals surface area contributed by atoms with Crippen LogP contribution in [0.15, 0.2) is 0 Å². The van der Waals surface area contributed by atoms with Gasteiger partial charge in [0.1, 0.15) is 0 Å². The molecule has 0 aromatic rings. The normalized spacial score (nSPS) is 49.4. The molecule has 0 saturated heterocycles. The van der Waals surface area contributed by atoms with E-state index in [1.807, 2.05) is 0 Å². The Kier molecular flexibility index (Phi) is 1.74. The Morgan fingerprint density at radius 3 is 2.55 bits per heavy atom. The van der Waals surface area contributed by atoms with E-state index >= 15 is 0 Å². The molecule has 0 spiro atoms. The lowest BCUT2D eigenvalue weighted by Crippen LogP contribution is -2.18. The highest BCUT2D eigenvalue weighted by atomic mass is 14.6. The number of fused-ring (bicyclic) bond motifs is 1. The SMILES string of the molecule is CCC(C)CC1CC2C(C)C12. The molecule has 0 aliphatic heterocycles. The maximum absolute atomic E-state index is 2.44. The first-order chi connectivity index (χ1) is 5.24. The van der Waals surface area contributed by atoms with Crippen LogP contribution >= 0.6 is 0 Å². The summed E-state index contributed by atoms with van der Waals surface area (Å²) in [5, 5.41) is 0. The molecule has 0 aromatic carbocycles. The highest BCUT2D eigenvalue weighted by molar-refractivity contribution is 5.07. The van der Waals surface area contributed by atoms with E-state index in [1.165, 1.54) is 24.7 Å². The van der Waals surface area contributed by atoms with Gasteiger partial charge in [0, 0.05) is 0 Å². The van der Waals surface area contributed by atoms with Gasteiger partial charge in [0.25, 0.3) is 0 Å². The Morgan fingerprint density at radius 2 is 2.18 bits per heavy atom. The minimum Gasteiger partial charge on any atom is -0.0651 e. The van der Waals surface area contributed by atoms with Gasteiger partial charge >= 0.3 is 0 Å². The third-order valence-corrected chi connectivity index (χ3v) is 4.16. The van der Waals surface area contributed by atoms with Crippen LogP contribution in [-0.2, 0) is 0 Å². The van der Waals surface area contributed by atoms with Crippen LogP contribution in [0.1, 0.15) is 40.0 Å². The van der Waals surface area contributed by atoms with E-state index in [-0.39, 0.29) is 0 Å². The van der Waals surface area contributed by atoms with Crippen LogP contribution in [0.25, 0.3) is 0 Å². The maximum Gasteiger partial charge on any atom is -0.0326 e. The van der Waals surface area contributed by atoms with Crippen molar-refractivity contribution < 1.29 is 0 Å². The Bertz CT molecular complexity index is 146. The average molecular weight is 152 g/mol. The molecule has 5 atom stereocenters. The van der Waals surface area contributed by atoms with Crippen molar-refractivity contribution in [2.75, 3.05) is 0 Å². The Hall–Kier alpha value is 0. The lowest BCUT2D eigenvalue weighted by molar-refractivity contribution is 0.232. The van der Waals surface area contributed by atoms with Crippen molar-refractivity contribution in [2.24, 2.45) is 29.6 Å². The zero-order chi connectivity index (χ0) is 8.01. The molecular formula is C11H20. The molecular weight excluding hydrogens is 132 g/mol. The molecule has 0 N–H and O–H groups in total. The summed E-state index contributed by atoms with van der Waals surface area (Å²) in [4.78, 5) is 0. The average Bonchev–Trinajstić information content (AvgIpc) is 2.47.